The van der Waals surface area contributed by atoms with Gasteiger partial charge in [-0.2, -0.15) is 0 Å². The average Bonchev–Trinajstić information content (AvgIpc) is 2.73. The Balaban J connectivity index is 2.42. The number of rotatable bonds is 2. The minimum atomic E-state index is -0.447. The molecule has 4 heteroatoms. The van der Waals surface area contributed by atoms with Crippen LogP contribution in [-0.2, 0) is 10.2 Å². The van der Waals surface area contributed by atoms with Crippen LogP contribution in [0, 0.1) is 5.41 Å². The van der Waals surface area contributed by atoms with Crippen molar-refractivity contribution in [1.29, 1.82) is 0 Å². The van der Waals surface area contributed by atoms with Crippen molar-refractivity contribution < 1.29 is 13.9 Å². The van der Waals surface area contributed by atoms with Crippen molar-refractivity contribution in [2.45, 2.75) is 52.4 Å². The van der Waals surface area contributed by atoms with Gasteiger partial charge in [-0.1, -0.05) is 34.6 Å². The van der Waals surface area contributed by atoms with Crippen LogP contribution in [0.4, 0.5) is 0 Å². The van der Waals surface area contributed by atoms with Crippen molar-refractivity contribution >= 4 is 5.97 Å². The highest BCUT2D eigenvalue weighted by molar-refractivity contribution is 5.87. The molecular weight excluding hydrogens is 230 g/mol. The third-order valence-corrected chi connectivity index (χ3v) is 3.54. The maximum absolute atomic E-state index is 11.7. The van der Waals surface area contributed by atoms with Crippen LogP contribution in [0.5, 0.6) is 0 Å². The molecule has 0 aromatic carbocycles. The van der Waals surface area contributed by atoms with Gasteiger partial charge in [0.05, 0.1) is 12.8 Å². The van der Waals surface area contributed by atoms with Crippen molar-refractivity contribution in [3.8, 4) is 0 Å². The Hall–Kier alpha value is -1.32. The van der Waals surface area contributed by atoms with E-state index in [4.69, 9.17) is 9.15 Å². The first-order valence-corrected chi connectivity index (χ1v) is 6.26. The zero-order chi connectivity index (χ0) is 13.7. The van der Waals surface area contributed by atoms with Crippen LogP contribution in [0.3, 0.4) is 0 Å². The predicted molar refractivity (Wildman–Crippen MR) is 67.7 cm³/mol. The molecular formula is C14H21NO3. The fourth-order valence-electron chi connectivity index (χ4n) is 2.11. The van der Waals surface area contributed by atoms with Gasteiger partial charge in [0, 0.05) is 11.3 Å². The number of carbonyl (C=O) groups excluding carboxylic acids is 1. The van der Waals surface area contributed by atoms with Gasteiger partial charge in [-0.25, -0.2) is 9.78 Å². The summed E-state index contributed by atoms with van der Waals surface area (Å²) in [6, 6.07) is 0. The van der Waals surface area contributed by atoms with E-state index in [0.717, 1.165) is 6.42 Å². The molecule has 1 fully saturated rings. The Morgan fingerprint density at radius 3 is 2.39 bits per heavy atom. The van der Waals surface area contributed by atoms with Crippen molar-refractivity contribution in [3.63, 3.8) is 0 Å². The first-order valence-electron chi connectivity index (χ1n) is 6.26. The van der Waals surface area contributed by atoms with Gasteiger partial charge in [0.1, 0.15) is 0 Å². The van der Waals surface area contributed by atoms with Gasteiger partial charge in [-0.3, -0.25) is 0 Å². The van der Waals surface area contributed by atoms with E-state index in [9.17, 15) is 4.79 Å². The third-order valence-electron chi connectivity index (χ3n) is 3.54. The summed E-state index contributed by atoms with van der Waals surface area (Å²) in [6.45, 7) is 10.4. The van der Waals surface area contributed by atoms with E-state index in [1.807, 2.05) is 20.8 Å². The van der Waals surface area contributed by atoms with Crippen molar-refractivity contribution in [2.24, 2.45) is 5.41 Å². The zero-order valence-electron chi connectivity index (χ0n) is 12.0. The van der Waals surface area contributed by atoms with Gasteiger partial charge in [0.15, 0.2) is 5.89 Å². The number of nitrogens with zero attached hydrogens (tertiary/aromatic N) is 1. The quantitative estimate of drug-likeness (QED) is 0.757. The number of hydrogen-bond acceptors (Lipinski definition) is 4. The molecule has 2 rings (SSSR count). The Kier molecular flexibility index (Phi) is 2.80. The van der Waals surface area contributed by atoms with E-state index in [1.165, 1.54) is 7.11 Å². The molecule has 18 heavy (non-hydrogen) atoms. The smallest absolute Gasteiger partial charge is 0.376 e. The summed E-state index contributed by atoms with van der Waals surface area (Å²) in [4.78, 5) is 16.3. The molecule has 1 aliphatic carbocycles. The zero-order valence-corrected chi connectivity index (χ0v) is 12.0. The van der Waals surface area contributed by atoms with Crippen molar-refractivity contribution in [1.82, 2.24) is 4.98 Å². The molecule has 0 radical (unpaired) electrons. The number of ether oxygens (including phenoxy) is 1. The fraction of sp³-hybridized carbons (Fsp3) is 0.714. The van der Waals surface area contributed by atoms with Gasteiger partial charge in [0.25, 0.3) is 0 Å². The number of aromatic nitrogens is 1. The molecule has 1 saturated carbocycles. The van der Waals surface area contributed by atoms with E-state index in [2.05, 4.69) is 18.8 Å². The predicted octanol–water partition coefficient (Wildman–Crippen LogP) is 3.27. The monoisotopic (exact) mass is 251 g/mol. The number of oxazole rings is 1. The molecule has 1 unspecified atom stereocenters. The molecule has 0 spiro atoms. The number of methoxy groups -OCH3 is 1. The summed E-state index contributed by atoms with van der Waals surface area (Å²) in [6.07, 6.45) is 1.05. The molecule has 0 saturated heterocycles. The maximum Gasteiger partial charge on any atom is 0.376 e. The topological polar surface area (TPSA) is 52.3 Å². The van der Waals surface area contributed by atoms with E-state index < -0.39 is 5.97 Å². The molecule has 0 N–H and O–H groups in total. The fourth-order valence-corrected chi connectivity index (χ4v) is 2.11. The SMILES string of the molecule is COC(=O)c1oc(C2CC2(C)C)nc1C(C)(C)C. The van der Waals surface area contributed by atoms with Crippen molar-refractivity contribution in [3.05, 3.63) is 17.3 Å². The van der Waals surface area contributed by atoms with Crippen LogP contribution in [0.25, 0.3) is 0 Å². The first kappa shape index (κ1) is 13.1. The first-order chi connectivity index (χ1) is 8.16. The van der Waals surface area contributed by atoms with E-state index in [-0.39, 0.29) is 16.6 Å². The lowest BCUT2D eigenvalue weighted by Gasteiger charge is -2.15. The molecule has 0 amide bonds. The van der Waals surface area contributed by atoms with E-state index in [0.29, 0.717) is 17.5 Å². The van der Waals surface area contributed by atoms with Crippen LogP contribution in [0.2, 0.25) is 0 Å². The summed E-state index contributed by atoms with van der Waals surface area (Å²) in [5.74, 6) is 0.794. The summed E-state index contributed by atoms with van der Waals surface area (Å²) in [7, 11) is 1.36. The molecule has 1 aliphatic rings. The lowest BCUT2D eigenvalue weighted by molar-refractivity contribution is 0.0559. The van der Waals surface area contributed by atoms with Crippen LogP contribution in [0.1, 0.15) is 69.1 Å². The minimum absolute atomic E-state index is 0.230. The van der Waals surface area contributed by atoms with Crippen molar-refractivity contribution in [2.75, 3.05) is 7.11 Å². The standard InChI is InChI=1S/C14H21NO3/c1-13(2,3)10-9(12(16)17-6)18-11(15-10)8-7-14(8,4)5/h8H,7H2,1-6H3. The lowest BCUT2D eigenvalue weighted by atomic mass is 9.91. The maximum atomic E-state index is 11.7. The van der Waals surface area contributed by atoms with E-state index in [1.54, 1.807) is 0 Å². The molecule has 4 nitrogen and oxygen atoms in total. The molecule has 0 aliphatic heterocycles. The molecule has 1 aromatic heterocycles. The second kappa shape index (κ2) is 3.84. The summed E-state index contributed by atoms with van der Waals surface area (Å²) in [5.41, 5.74) is 0.685. The summed E-state index contributed by atoms with van der Waals surface area (Å²) < 4.78 is 10.4. The van der Waals surface area contributed by atoms with Crippen LogP contribution < -0.4 is 0 Å². The second-order valence-corrected chi connectivity index (χ2v) is 6.72. The minimum Gasteiger partial charge on any atom is -0.463 e. The van der Waals surface area contributed by atoms with Gasteiger partial charge < -0.3 is 9.15 Å². The third kappa shape index (κ3) is 2.16. The molecule has 0 bridgehead atoms. The number of carbonyl (C=O) groups is 1. The van der Waals surface area contributed by atoms with E-state index >= 15 is 0 Å². The highest BCUT2D eigenvalue weighted by Gasteiger charge is 2.50. The van der Waals surface area contributed by atoms with Gasteiger partial charge in [0.2, 0.25) is 5.76 Å². The Labute approximate surface area is 108 Å². The largest absolute Gasteiger partial charge is 0.463 e. The van der Waals surface area contributed by atoms with Gasteiger partial charge >= 0.3 is 5.97 Å². The Morgan fingerprint density at radius 1 is 1.44 bits per heavy atom. The Morgan fingerprint density at radius 2 is 2.00 bits per heavy atom. The van der Waals surface area contributed by atoms with Gasteiger partial charge in [-0.15, -0.1) is 0 Å². The molecule has 1 heterocycles. The van der Waals surface area contributed by atoms with Crippen LogP contribution >= 0.6 is 0 Å². The van der Waals surface area contributed by atoms with Crippen LogP contribution in [-0.4, -0.2) is 18.1 Å². The lowest BCUT2D eigenvalue weighted by Crippen LogP contribution is -2.17. The summed E-state index contributed by atoms with van der Waals surface area (Å²) >= 11 is 0. The van der Waals surface area contributed by atoms with Crippen LogP contribution in [0.15, 0.2) is 4.42 Å². The van der Waals surface area contributed by atoms with Gasteiger partial charge in [-0.05, 0) is 11.8 Å². The Bertz CT molecular complexity index is 480. The summed E-state index contributed by atoms with van der Waals surface area (Å²) in [5, 5.41) is 0. The number of hydrogen-bond donors (Lipinski definition) is 0. The normalized spacial score (nSPS) is 21.8. The average molecular weight is 251 g/mol. The highest BCUT2D eigenvalue weighted by atomic mass is 16.5. The molecule has 100 valence electrons. The number of esters is 1. The molecule has 1 atom stereocenters. The molecule has 1 aromatic rings. The second-order valence-electron chi connectivity index (χ2n) is 6.72. The highest BCUT2D eigenvalue weighted by Crippen LogP contribution is 2.58.